The SMILES string of the molecule is CC(=O)c1cccc(NC(=O)c2cc(C(=O)N3CCCC3)ccn2)c1. The zero-order chi connectivity index (χ0) is 17.8. The van der Waals surface area contributed by atoms with E-state index in [0.29, 0.717) is 16.8 Å². The Balaban J connectivity index is 1.76. The molecule has 2 amide bonds. The largest absolute Gasteiger partial charge is 0.339 e. The summed E-state index contributed by atoms with van der Waals surface area (Å²) >= 11 is 0. The number of Topliss-reactive ketones (excluding diaryl/α,β-unsaturated/α-hetero) is 1. The molecule has 1 aromatic heterocycles. The third-order valence-corrected chi connectivity index (χ3v) is 4.16. The van der Waals surface area contributed by atoms with Gasteiger partial charge in [-0.1, -0.05) is 12.1 Å². The van der Waals surface area contributed by atoms with Crippen LogP contribution < -0.4 is 5.32 Å². The minimum atomic E-state index is -0.420. The van der Waals surface area contributed by atoms with Crippen molar-refractivity contribution in [3.8, 4) is 0 Å². The van der Waals surface area contributed by atoms with Crippen LogP contribution >= 0.6 is 0 Å². The molecular formula is C19H19N3O3. The van der Waals surface area contributed by atoms with E-state index in [1.807, 2.05) is 0 Å². The molecule has 1 saturated heterocycles. The number of anilines is 1. The molecule has 6 nitrogen and oxygen atoms in total. The number of amides is 2. The summed E-state index contributed by atoms with van der Waals surface area (Å²) in [5.74, 6) is -0.572. The number of nitrogens with zero attached hydrogens (tertiary/aromatic N) is 2. The number of aromatic nitrogens is 1. The zero-order valence-corrected chi connectivity index (χ0v) is 14.0. The number of hydrogen-bond acceptors (Lipinski definition) is 4. The van der Waals surface area contributed by atoms with Gasteiger partial charge in [-0.15, -0.1) is 0 Å². The van der Waals surface area contributed by atoms with Gasteiger partial charge in [-0.05, 0) is 44.0 Å². The van der Waals surface area contributed by atoms with E-state index in [2.05, 4.69) is 10.3 Å². The van der Waals surface area contributed by atoms with Gasteiger partial charge in [-0.3, -0.25) is 19.4 Å². The van der Waals surface area contributed by atoms with E-state index in [-0.39, 0.29) is 17.4 Å². The van der Waals surface area contributed by atoms with Crippen LogP contribution in [0.5, 0.6) is 0 Å². The van der Waals surface area contributed by atoms with E-state index in [1.54, 1.807) is 35.2 Å². The van der Waals surface area contributed by atoms with Gasteiger partial charge in [0.1, 0.15) is 5.69 Å². The highest BCUT2D eigenvalue weighted by Crippen LogP contribution is 2.15. The fourth-order valence-electron chi connectivity index (χ4n) is 2.80. The monoisotopic (exact) mass is 337 g/mol. The van der Waals surface area contributed by atoms with Crippen LogP contribution in [0, 0.1) is 0 Å². The summed E-state index contributed by atoms with van der Waals surface area (Å²) in [6.45, 7) is 2.97. The molecule has 2 heterocycles. The maximum absolute atomic E-state index is 12.4. The van der Waals surface area contributed by atoms with Crippen molar-refractivity contribution in [2.45, 2.75) is 19.8 Å². The molecule has 0 saturated carbocycles. The van der Waals surface area contributed by atoms with Gasteiger partial charge in [0, 0.05) is 36.1 Å². The Hall–Kier alpha value is -3.02. The Morgan fingerprint density at radius 3 is 2.52 bits per heavy atom. The minimum absolute atomic E-state index is 0.0764. The highest BCUT2D eigenvalue weighted by atomic mass is 16.2. The second-order valence-electron chi connectivity index (χ2n) is 6.02. The van der Waals surface area contributed by atoms with Crippen LogP contribution in [0.1, 0.15) is 51.0 Å². The first-order valence-corrected chi connectivity index (χ1v) is 8.22. The quantitative estimate of drug-likeness (QED) is 0.870. The molecular weight excluding hydrogens is 318 g/mol. The van der Waals surface area contributed by atoms with E-state index < -0.39 is 5.91 Å². The van der Waals surface area contributed by atoms with E-state index >= 15 is 0 Å². The molecule has 1 aliphatic heterocycles. The van der Waals surface area contributed by atoms with Gasteiger partial charge < -0.3 is 10.2 Å². The molecule has 1 N–H and O–H groups in total. The van der Waals surface area contributed by atoms with Crippen molar-refractivity contribution in [2.75, 3.05) is 18.4 Å². The van der Waals surface area contributed by atoms with Crippen LogP contribution in [-0.2, 0) is 0 Å². The predicted molar refractivity (Wildman–Crippen MR) is 93.8 cm³/mol. The molecule has 2 aromatic rings. The first kappa shape index (κ1) is 16.8. The van der Waals surface area contributed by atoms with Crippen LogP contribution in [0.2, 0.25) is 0 Å². The molecule has 0 unspecified atom stereocenters. The van der Waals surface area contributed by atoms with Crippen molar-refractivity contribution in [3.05, 3.63) is 59.4 Å². The summed E-state index contributed by atoms with van der Waals surface area (Å²) in [7, 11) is 0. The highest BCUT2D eigenvalue weighted by molar-refractivity contribution is 6.05. The van der Waals surface area contributed by atoms with Crippen LogP contribution in [0.3, 0.4) is 0 Å². The van der Waals surface area contributed by atoms with Crippen molar-refractivity contribution in [1.82, 2.24) is 9.88 Å². The number of benzene rings is 1. The Morgan fingerprint density at radius 2 is 1.80 bits per heavy atom. The molecule has 128 valence electrons. The van der Waals surface area contributed by atoms with E-state index in [4.69, 9.17) is 0 Å². The van der Waals surface area contributed by atoms with Crippen molar-refractivity contribution >= 4 is 23.3 Å². The standard InChI is InChI=1S/C19H19N3O3/c1-13(23)14-5-4-6-16(11-14)21-18(24)17-12-15(7-8-20-17)19(25)22-9-2-3-10-22/h4-8,11-12H,2-3,9-10H2,1H3,(H,21,24). The Bertz CT molecular complexity index is 826. The lowest BCUT2D eigenvalue weighted by atomic mass is 10.1. The molecule has 0 atom stereocenters. The second-order valence-corrected chi connectivity index (χ2v) is 6.02. The van der Waals surface area contributed by atoms with E-state index in [9.17, 15) is 14.4 Å². The number of hydrogen-bond donors (Lipinski definition) is 1. The van der Waals surface area contributed by atoms with Crippen molar-refractivity contribution in [1.29, 1.82) is 0 Å². The fraction of sp³-hybridized carbons (Fsp3) is 0.263. The van der Waals surface area contributed by atoms with Gasteiger partial charge in [-0.25, -0.2) is 0 Å². The number of carbonyl (C=O) groups excluding carboxylic acids is 3. The van der Waals surface area contributed by atoms with Gasteiger partial charge in [0.25, 0.3) is 11.8 Å². The normalized spacial score (nSPS) is 13.6. The molecule has 1 aliphatic rings. The van der Waals surface area contributed by atoms with Crippen molar-refractivity contribution < 1.29 is 14.4 Å². The van der Waals surface area contributed by atoms with E-state index in [0.717, 1.165) is 25.9 Å². The third-order valence-electron chi connectivity index (χ3n) is 4.16. The lowest BCUT2D eigenvalue weighted by Crippen LogP contribution is -2.28. The first-order valence-electron chi connectivity index (χ1n) is 8.22. The third kappa shape index (κ3) is 3.91. The smallest absolute Gasteiger partial charge is 0.274 e. The van der Waals surface area contributed by atoms with Gasteiger partial charge >= 0.3 is 0 Å². The van der Waals surface area contributed by atoms with Gasteiger partial charge in [0.05, 0.1) is 0 Å². The second kappa shape index (κ2) is 7.25. The highest BCUT2D eigenvalue weighted by Gasteiger charge is 2.20. The molecule has 1 aromatic carbocycles. The summed E-state index contributed by atoms with van der Waals surface area (Å²) in [6, 6.07) is 9.82. The number of likely N-dealkylation sites (tertiary alicyclic amines) is 1. The summed E-state index contributed by atoms with van der Waals surface area (Å²) in [4.78, 5) is 42.1. The summed E-state index contributed by atoms with van der Waals surface area (Å²) in [5.41, 5.74) is 1.65. The zero-order valence-electron chi connectivity index (χ0n) is 14.0. The molecule has 0 radical (unpaired) electrons. The average molecular weight is 337 g/mol. The molecule has 1 fully saturated rings. The predicted octanol–water partition coefficient (Wildman–Crippen LogP) is 2.77. The van der Waals surface area contributed by atoms with Crippen molar-refractivity contribution in [3.63, 3.8) is 0 Å². The molecule has 0 spiro atoms. The number of pyridine rings is 1. The molecule has 6 heteroatoms. The summed E-state index contributed by atoms with van der Waals surface area (Å²) < 4.78 is 0. The first-order chi connectivity index (χ1) is 12.0. The molecule has 0 bridgehead atoms. The lowest BCUT2D eigenvalue weighted by molar-refractivity contribution is 0.0792. The van der Waals surface area contributed by atoms with Crippen LogP contribution in [0.4, 0.5) is 5.69 Å². The molecule has 3 rings (SSSR count). The molecule has 0 aliphatic carbocycles. The fourth-order valence-corrected chi connectivity index (χ4v) is 2.80. The Labute approximate surface area is 145 Å². The Kier molecular flexibility index (Phi) is 4.88. The minimum Gasteiger partial charge on any atom is -0.339 e. The number of ketones is 1. The van der Waals surface area contributed by atoms with Gasteiger partial charge in [0.15, 0.2) is 5.78 Å². The van der Waals surface area contributed by atoms with Gasteiger partial charge in [0.2, 0.25) is 0 Å². The molecule has 25 heavy (non-hydrogen) atoms. The van der Waals surface area contributed by atoms with Crippen LogP contribution in [0.15, 0.2) is 42.6 Å². The number of carbonyl (C=O) groups is 3. The lowest BCUT2D eigenvalue weighted by Gasteiger charge is -2.15. The van der Waals surface area contributed by atoms with Gasteiger partial charge in [-0.2, -0.15) is 0 Å². The number of rotatable bonds is 4. The summed E-state index contributed by atoms with van der Waals surface area (Å²) in [6.07, 6.45) is 3.48. The van der Waals surface area contributed by atoms with Crippen molar-refractivity contribution in [2.24, 2.45) is 0 Å². The van der Waals surface area contributed by atoms with Crippen LogP contribution in [0.25, 0.3) is 0 Å². The Morgan fingerprint density at radius 1 is 1.04 bits per heavy atom. The van der Waals surface area contributed by atoms with Crippen LogP contribution in [-0.4, -0.2) is 40.6 Å². The maximum Gasteiger partial charge on any atom is 0.274 e. The topological polar surface area (TPSA) is 79.4 Å². The van der Waals surface area contributed by atoms with E-state index in [1.165, 1.54) is 19.2 Å². The number of nitrogens with one attached hydrogen (secondary N) is 1. The summed E-state index contributed by atoms with van der Waals surface area (Å²) in [5, 5.41) is 2.71. The average Bonchev–Trinajstić information content (AvgIpc) is 3.16. The maximum atomic E-state index is 12.4.